The van der Waals surface area contributed by atoms with Gasteiger partial charge in [-0.2, -0.15) is 0 Å². The van der Waals surface area contributed by atoms with Gasteiger partial charge in [-0.25, -0.2) is 13.1 Å². The molecule has 0 amide bonds. The molecule has 2 rings (SSSR count). The molecule has 1 fully saturated rings. The summed E-state index contributed by atoms with van der Waals surface area (Å²) < 4.78 is 37.9. The van der Waals surface area contributed by atoms with Gasteiger partial charge in [-0.1, -0.05) is 13.8 Å². The Labute approximate surface area is 125 Å². The fourth-order valence-electron chi connectivity index (χ4n) is 2.35. The summed E-state index contributed by atoms with van der Waals surface area (Å²) in [6.45, 7) is 3.66. The second-order valence-corrected chi connectivity index (χ2v) is 7.45. The van der Waals surface area contributed by atoms with Gasteiger partial charge in [-0.05, 0) is 18.6 Å². The minimum absolute atomic E-state index is 0.0292. The summed E-state index contributed by atoms with van der Waals surface area (Å²) in [5.74, 6) is 0.685. The van der Waals surface area contributed by atoms with Gasteiger partial charge in [-0.3, -0.25) is 0 Å². The molecule has 0 heterocycles. The van der Waals surface area contributed by atoms with E-state index in [4.69, 9.17) is 9.47 Å². The molecule has 2 N–H and O–H groups in total. The van der Waals surface area contributed by atoms with Crippen molar-refractivity contribution in [1.82, 2.24) is 4.72 Å². The molecule has 118 valence electrons. The van der Waals surface area contributed by atoms with E-state index in [2.05, 4.69) is 4.72 Å². The first-order valence-corrected chi connectivity index (χ1v) is 8.13. The number of hydrogen-bond acceptors (Lipinski definition) is 5. The molecule has 0 bridgehead atoms. The van der Waals surface area contributed by atoms with Crippen LogP contribution in [0.3, 0.4) is 0 Å². The van der Waals surface area contributed by atoms with Crippen LogP contribution in [0.25, 0.3) is 0 Å². The lowest BCUT2D eigenvalue weighted by atomic mass is 9.65. The number of sulfonamides is 1. The first kappa shape index (κ1) is 16.1. The molecule has 1 saturated carbocycles. The van der Waals surface area contributed by atoms with Crippen molar-refractivity contribution in [2.75, 3.05) is 14.2 Å². The lowest BCUT2D eigenvalue weighted by molar-refractivity contribution is -0.0645. The number of ether oxygens (including phenoxy) is 2. The van der Waals surface area contributed by atoms with Crippen molar-refractivity contribution >= 4 is 10.0 Å². The molecule has 2 unspecified atom stereocenters. The maximum Gasteiger partial charge on any atom is 0.244 e. The molecule has 0 saturated heterocycles. The molecule has 21 heavy (non-hydrogen) atoms. The van der Waals surface area contributed by atoms with Gasteiger partial charge in [-0.15, -0.1) is 0 Å². The van der Waals surface area contributed by atoms with E-state index in [0.29, 0.717) is 12.2 Å². The number of rotatable bonds is 5. The van der Waals surface area contributed by atoms with Crippen LogP contribution in [0.4, 0.5) is 0 Å². The summed E-state index contributed by atoms with van der Waals surface area (Å²) in [4.78, 5) is 0.0292. The highest BCUT2D eigenvalue weighted by Crippen LogP contribution is 2.41. The first-order chi connectivity index (χ1) is 9.72. The number of aliphatic hydroxyl groups is 1. The van der Waals surface area contributed by atoms with Gasteiger partial charge in [0, 0.05) is 17.5 Å². The Morgan fingerprint density at radius 2 is 1.95 bits per heavy atom. The van der Waals surface area contributed by atoms with E-state index in [1.54, 1.807) is 12.1 Å². The number of benzene rings is 1. The molecule has 0 aromatic heterocycles. The van der Waals surface area contributed by atoms with Crippen molar-refractivity contribution in [1.29, 1.82) is 0 Å². The monoisotopic (exact) mass is 315 g/mol. The van der Waals surface area contributed by atoms with Gasteiger partial charge in [0.25, 0.3) is 0 Å². The van der Waals surface area contributed by atoms with Crippen LogP contribution in [0.15, 0.2) is 23.1 Å². The third-order valence-electron chi connectivity index (χ3n) is 4.17. The molecule has 0 aliphatic heterocycles. The van der Waals surface area contributed by atoms with Crippen molar-refractivity contribution in [2.45, 2.75) is 37.3 Å². The minimum Gasteiger partial charge on any atom is -0.497 e. The van der Waals surface area contributed by atoms with Crippen LogP contribution in [-0.4, -0.2) is 39.9 Å². The molecule has 1 aliphatic rings. The van der Waals surface area contributed by atoms with Gasteiger partial charge in [0.2, 0.25) is 10.0 Å². The summed E-state index contributed by atoms with van der Waals surface area (Å²) >= 11 is 0. The normalized spacial score (nSPS) is 24.2. The quantitative estimate of drug-likeness (QED) is 0.851. The third-order valence-corrected chi connectivity index (χ3v) is 5.67. The van der Waals surface area contributed by atoms with E-state index in [1.165, 1.54) is 20.3 Å². The summed E-state index contributed by atoms with van der Waals surface area (Å²) in [6, 6.07) is 4.29. The van der Waals surface area contributed by atoms with Gasteiger partial charge >= 0.3 is 0 Å². The van der Waals surface area contributed by atoms with Crippen LogP contribution in [0.2, 0.25) is 0 Å². The molecule has 2 atom stereocenters. The molecule has 1 aromatic carbocycles. The summed E-state index contributed by atoms with van der Waals surface area (Å²) in [6.07, 6.45) is -0.101. The topological polar surface area (TPSA) is 84.9 Å². The SMILES string of the molecule is COc1ccc(OC)c(S(=O)(=O)NC2CC(O)C2(C)C)c1. The van der Waals surface area contributed by atoms with E-state index in [0.717, 1.165) is 0 Å². The summed E-state index contributed by atoms with van der Waals surface area (Å²) in [7, 11) is -0.872. The molecule has 0 radical (unpaired) electrons. The average Bonchev–Trinajstić information content (AvgIpc) is 2.46. The molecule has 1 aromatic rings. The molecule has 0 spiro atoms. The average molecular weight is 315 g/mol. The third kappa shape index (κ3) is 2.86. The Balaban J connectivity index is 2.32. The predicted octanol–water partition coefficient (Wildman–Crippen LogP) is 1.14. The van der Waals surface area contributed by atoms with E-state index < -0.39 is 21.5 Å². The zero-order valence-electron chi connectivity index (χ0n) is 12.6. The molecular weight excluding hydrogens is 294 g/mol. The van der Waals surface area contributed by atoms with Crippen LogP contribution in [-0.2, 0) is 10.0 Å². The highest BCUT2D eigenvalue weighted by molar-refractivity contribution is 7.89. The van der Waals surface area contributed by atoms with E-state index >= 15 is 0 Å². The van der Waals surface area contributed by atoms with Crippen molar-refractivity contribution in [2.24, 2.45) is 5.41 Å². The van der Waals surface area contributed by atoms with Crippen molar-refractivity contribution in [3.8, 4) is 11.5 Å². The standard InChI is InChI=1S/C14H21NO5S/c1-14(2)12(8-13(14)16)15-21(17,18)11-7-9(19-3)5-6-10(11)20-4/h5-7,12-13,15-16H,8H2,1-4H3. The highest BCUT2D eigenvalue weighted by atomic mass is 32.2. The van der Waals surface area contributed by atoms with Crippen LogP contribution in [0.5, 0.6) is 11.5 Å². The van der Waals surface area contributed by atoms with Crippen molar-refractivity contribution < 1.29 is 23.0 Å². The van der Waals surface area contributed by atoms with E-state index in [9.17, 15) is 13.5 Å². The molecular formula is C14H21NO5S. The molecule has 7 heteroatoms. The number of hydrogen-bond donors (Lipinski definition) is 2. The fraction of sp³-hybridized carbons (Fsp3) is 0.571. The Hall–Kier alpha value is -1.31. The number of aliphatic hydroxyl groups excluding tert-OH is 1. The van der Waals surface area contributed by atoms with Gasteiger partial charge < -0.3 is 14.6 Å². The van der Waals surface area contributed by atoms with Gasteiger partial charge in [0.1, 0.15) is 16.4 Å². The Kier molecular flexibility index (Phi) is 4.19. The van der Waals surface area contributed by atoms with Crippen molar-refractivity contribution in [3.05, 3.63) is 18.2 Å². The van der Waals surface area contributed by atoms with Crippen molar-refractivity contribution in [3.63, 3.8) is 0 Å². The first-order valence-electron chi connectivity index (χ1n) is 6.65. The van der Waals surface area contributed by atoms with Crippen LogP contribution in [0, 0.1) is 5.41 Å². The number of methoxy groups -OCH3 is 2. The molecule has 6 nitrogen and oxygen atoms in total. The van der Waals surface area contributed by atoms with E-state index in [1.807, 2.05) is 13.8 Å². The largest absolute Gasteiger partial charge is 0.497 e. The zero-order chi connectivity index (χ0) is 15.8. The Bertz CT molecular complexity index is 626. The van der Waals surface area contributed by atoms with Crippen LogP contribution in [0.1, 0.15) is 20.3 Å². The summed E-state index contributed by atoms with van der Waals surface area (Å²) in [5.41, 5.74) is -0.487. The maximum absolute atomic E-state index is 12.5. The predicted molar refractivity (Wildman–Crippen MR) is 78.1 cm³/mol. The van der Waals surface area contributed by atoms with E-state index in [-0.39, 0.29) is 16.7 Å². The van der Waals surface area contributed by atoms with Crippen LogP contribution >= 0.6 is 0 Å². The van der Waals surface area contributed by atoms with Gasteiger partial charge in [0.05, 0.1) is 20.3 Å². The Morgan fingerprint density at radius 3 is 2.43 bits per heavy atom. The van der Waals surface area contributed by atoms with Gasteiger partial charge in [0.15, 0.2) is 0 Å². The maximum atomic E-state index is 12.5. The lowest BCUT2D eigenvalue weighted by Gasteiger charge is -2.49. The second kappa shape index (κ2) is 5.47. The number of nitrogens with one attached hydrogen (secondary N) is 1. The Morgan fingerprint density at radius 1 is 1.29 bits per heavy atom. The zero-order valence-corrected chi connectivity index (χ0v) is 13.4. The summed E-state index contributed by atoms with van der Waals surface area (Å²) in [5, 5.41) is 9.72. The lowest BCUT2D eigenvalue weighted by Crippen LogP contribution is -2.61. The smallest absolute Gasteiger partial charge is 0.244 e. The fourth-order valence-corrected chi connectivity index (χ4v) is 3.94. The molecule has 1 aliphatic carbocycles. The highest BCUT2D eigenvalue weighted by Gasteiger charge is 2.49. The minimum atomic E-state index is -3.76. The van der Waals surface area contributed by atoms with Crippen LogP contribution < -0.4 is 14.2 Å². The second-order valence-electron chi connectivity index (χ2n) is 5.76.